The second-order valence-corrected chi connectivity index (χ2v) is 5.80. The summed E-state index contributed by atoms with van der Waals surface area (Å²) in [4.78, 5) is 10.3. The van der Waals surface area contributed by atoms with Crippen molar-refractivity contribution >= 4 is 17.0 Å². The molecule has 0 aliphatic rings. The van der Waals surface area contributed by atoms with Gasteiger partial charge in [-0.25, -0.2) is 4.79 Å². The molecule has 0 aromatic carbocycles. The van der Waals surface area contributed by atoms with Crippen LogP contribution < -0.4 is 0 Å². The molecule has 0 unspecified atom stereocenters. The van der Waals surface area contributed by atoms with Crippen molar-refractivity contribution in [2.45, 2.75) is 71.1 Å². The van der Waals surface area contributed by atoms with Gasteiger partial charge in [0.25, 0.3) is 0 Å². The molecular weight excluding hydrogens is 304 g/mol. The second-order valence-electron chi connectivity index (χ2n) is 5.49. The van der Waals surface area contributed by atoms with Crippen molar-refractivity contribution in [2.75, 3.05) is 33.0 Å². The predicted molar refractivity (Wildman–Crippen MR) is 90.7 cm³/mol. The first-order chi connectivity index (χ1) is 10.8. The number of carbonyl (C=O) groups is 1. The van der Waals surface area contributed by atoms with Gasteiger partial charge in [-0.15, -0.1) is 0 Å². The van der Waals surface area contributed by atoms with Crippen molar-refractivity contribution in [3.63, 3.8) is 0 Å². The van der Waals surface area contributed by atoms with Crippen molar-refractivity contribution in [1.82, 2.24) is 0 Å². The van der Waals surface area contributed by atoms with Crippen LogP contribution in [0.25, 0.3) is 0 Å². The topological polar surface area (TPSA) is 44.8 Å². The molecule has 0 aromatic heterocycles. The molecule has 0 amide bonds. The zero-order chi connectivity index (χ0) is 16.3. The molecule has 132 valence electrons. The largest absolute Gasteiger partial charge is 0.451 e. The van der Waals surface area contributed by atoms with Crippen LogP contribution in [-0.4, -0.2) is 38.5 Å². The highest BCUT2D eigenvalue weighted by Gasteiger charge is 1.96. The highest BCUT2D eigenvalue weighted by molar-refractivity contribution is 6.61. The van der Waals surface area contributed by atoms with Gasteiger partial charge >= 0.3 is 5.43 Å². The van der Waals surface area contributed by atoms with Crippen LogP contribution in [0, 0.1) is 0 Å². The first-order valence-electron chi connectivity index (χ1n) is 8.75. The average Bonchev–Trinajstić information content (AvgIpc) is 2.50. The molecule has 0 bridgehead atoms. The Balaban J connectivity index is 2.95. The van der Waals surface area contributed by atoms with Gasteiger partial charge in [-0.1, -0.05) is 64.7 Å². The van der Waals surface area contributed by atoms with E-state index in [1.54, 1.807) is 0 Å². The third-order valence-electron chi connectivity index (χ3n) is 3.46. The Morgan fingerprint density at radius 2 is 1.14 bits per heavy atom. The first kappa shape index (κ1) is 21.7. The van der Waals surface area contributed by atoms with Crippen molar-refractivity contribution in [3.8, 4) is 0 Å². The van der Waals surface area contributed by atoms with Gasteiger partial charge in [-0.3, -0.25) is 0 Å². The van der Waals surface area contributed by atoms with Crippen LogP contribution in [0.1, 0.15) is 71.1 Å². The highest BCUT2D eigenvalue weighted by Crippen LogP contribution is 2.10. The van der Waals surface area contributed by atoms with Gasteiger partial charge in [0, 0.05) is 18.2 Å². The summed E-state index contributed by atoms with van der Waals surface area (Å²) in [6, 6.07) is 0. The molecule has 0 spiro atoms. The van der Waals surface area contributed by atoms with Gasteiger partial charge in [-0.05, 0) is 6.42 Å². The maximum absolute atomic E-state index is 10.3. The summed E-state index contributed by atoms with van der Waals surface area (Å²) >= 11 is 5.01. The van der Waals surface area contributed by atoms with E-state index in [9.17, 15) is 4.79 Å². The third kappa shape index (κ3) is 19.7. The van der Waals surface area contributed by atoms with Crippen LogP contribution in [0.15, 0.2) is 0 Å². The Bertz CT molecular complexity index is 237. The average molecular weight is 337 g/mol. The van der Waals surface area contributed by atoms with Gasteiger partial charge in [0.2, 0.25) is 0 Å². The molecule has 5 heteroatoms. The molecule has 22 heavy (non-hydrogen) atoms. The molecule has 0 heterocycles. The Morgan fingerprint density at radius 1 is 0.682 bits per heavy atom. The molecule has 0 atom stereocenters. The van der Waals surface area contributed by atoms with Gasteiger partial charge in [0.1, 0.15) is 6.61 Å². The van der Waals surface area contributed by atoms with E-state index in [2.05, 4.69) is 11.7 Å². The normalized spacial score (nSPS) is 10.8. The van der Waals surface area contributed by atoms with Gasteiger partial charge in [0.15, 0.2) is 0 Å². The molecule has 0 fully saturated rings. The minimum atomic E-state index is -0.791. The van der Waals surface area contributed by atoms with Crippen LogP contribution in [0.5, 0.6) is 0 Å². The Hall–Kier alpha value is -0.320. The molecule has 0 aliphatic carbocycles. The molecular formula is C17H33ClO4. The molecule has 0 saturated heterocycles. The number of unbranched alkanes of at least 4 members (excludes halogenated alkanes) is 9. The van der Waals surface area contributed by atoms with Crippen LogP contribution >= 0.6 is 11.6 Å². The first-order valence-corrected chi connectivity index (χ1v) is 9.13. The summed E-state index contributed by atoms with van der Waals surface area (Å²) < 4.78 is 15.2. The van der Waals surface area contributed by atoms with E-state index in [0.717, 1.165) is 13.0 Å². The molecule has 0 radical (unpaired) electrons. The third-order valence-corrected chi connectivity index (χ3v) is 3.57. The fourth-order valence-electron chi connectivity index (χ4n) is 2.19. The van der Waals surface area contributed by atoms with Crippen molar-refractivity contribution in [2.24, 2.45) is 0 Å². The van der Waals surface area contributed by atoms with Crippen LogP contribution in [0.3, 0.4) is 0 Å². The minimum Gasteiger partial charge on any atom is -0.451 e. The highest BCUT2D eigenvalue weighted by atomic mass is 35.5. The maximum atomic E-state index is 10.3. The molecule has 0 saturated carbocycles. The van der Waals surface area contributed by atoms with Crippen LogP contribution in [-0.2, 0) is 14.2 Å². The van der Waals surface area contributed by atoms with E-state index in [0.29, 0.717) is 19.8 Å². The lowest BCUT2D eigenvalue weighted by molar-refractivity contribution is 0.0301. The maximum Gasteiger partial charge on any atom is 0.403 e. The van der Waals surface area contributed by atoms with Crippen molar-refractivity contribution < 1.29 is 19.0 Å². The summed E-state index contributed by atoms with van der Waals surface area (Å²) in [6.07, 6.45) is 13.3. The summed E-state index contributed by atoms with van der Waals surface area (Å²) in [6.45, 7) is 4.73. The molecule has 0 rings (SSSR count). The van der Waals surface area contributed by atoms with Gasteiger partial charge in [-0.2, -0.15) is 0 Å². The van der Waals surface area contributed by atoms with E-state index in [-0.39, 0.29) is 6.61 Å². The number of halogens is 1. The smallest absolute Gasteiger partial charge is 0.403 e. The Kier molecular flexibility index (Phi) is 18.5. The van der Waals surface area contributed by atoms with E-state index >= 15 is 0 Å². The standard InChI is InChI=1S/C17H33ClO4/c1-2-3-4-5-6-7-8-9-10-11-12-20-13-14-21-15-16-22-17(18)19/h2-16H2,1H3. The van der Waals surface area contributed by atoms with Crippen LogP contribution in [0.4, 0.5) is 4.79 Å². The number of hydrogen-bond donors (Lipinski definition) is 0. The summed E-state index contributed by atoms with van der Waals surface area (Å²) in [5.74, 6) is 0. The zero-order valence-electron chi connectivity index (χ0n) is 14.1. The summed E-state index contributed by atoms with van der Waals surface area (Å²) in [5, 5.41) is 0. The fraction of sp³-hybridized carbons (Fsp3) is 0.941. The predicted octanol–water partition coefficient (Wildman–Crippen LogP) is 5.32. The number of carbonyl (C=O) groups excluding carboxylic acids is 1. The molecule has 4 nitrogen and oxygen atoms in total. The zero-order valence-corrected chi connectivity index (χ0v) is 14.9. The van der Waals surface area contributed by atoms with Crippen molar-refractivity contribution in [1.29, 1.82) is 0 Å². The lowest BCUT2D eigenvalue weighted by Crippen LogP contribution is -2.10. The van der Waals surface area contributed by atoms with Crippen LogP contribution in [0.2, 0.25) is 0 Å². The van der Waals surface area contributed by atoms with Gasteiger partial charge in [0.05, 0.1) is 19.8 Å². The lowest BCUT2D eigenvalue weighted by Gasteiger charge is -2.06. The van der Waals surface area contributed by atoms with E-state index in [4.69, 9.17) is 21.1 Å². The monoisotopic (exact) mass is 336 g/mol. The van der Waals surface area contributed by atoms with Gasteiger partial charge < -0.3 is 14.2 Å². The van der Waals surface area contributed by atoms with E-state index in [1.807, 2.05) is 0 Å². The quantitative estimate of drug-likeness (QED) is 0.266. The molecule has 0 N–H and O–H groups in total. The fourth-order valence-corrected chi connectivity index (χ4v) is 2.27. The van der Waals surface area contributed by atoms with E-state index in [1.165, 1.54) is 57.8 Å². The second kappa shape index (κ2) is 18.7. The minimum absolute atomic E-state index is 0.195. The number of ether oxygens (including phenoxy) is 3. The SMILES string of the molecule is CCCCCCCCCCCCOCCOCCOC(=O)Cl. The Morgan fingerprint density at radius 3 is 1.68 bits per heavy atom. The summed E-state index contributed by atoms with van der Waals surface area (Å²) in [5.41, 5.74) is -0.791. The molecule has 0 aromatic rings. The number of hydrogen-bond acceptors (Lipinski definition) is 4. The summed E-state index contributed by atoms with van der Waals surface area (Å²) in [7, 11) is 0. The number of rotatable bonds is 17. The van der Waals surface area contributed by atoms with E-state index < -0.39 is 5.43 Å². The Labute approximate surface area is 140 Å². The van der Waals surface area contributed by atoms with Crippen molar-refractivity contribution in [3.05, 3.63) is 0 Å². The molecule has 0 aliphatic heterocycles. The lowest BCUT2D eigenvalue weighted by atomic mass is 10.1.